The summed E-state index contributed by atoms with van der Waals surface area (Å²) in [6.45, 7) is 8.65. The minimum absolute atomic E-state index is 0.821. The molecule has 0 aromatic carbocycles. The van der Waals surface area contributed by atoms with Crippen LogP contribution in [0, 0.1) is 17.8 Å². The maximum atomic E-state index is 3.83. The Bertz CT molecular complexity index is 236. The fourth-order valence-corrected chi connectivity index (χ4v) is 3.83. The molecule has 0 amide bonds. The van der Waals surface area contributed by atoms with E-state index in [2.05, 4.69) is 31.1 Å². The Morgan fingerprint density at radius 1 is 1.00 bits per heavy atom. The van der Waals surface area contributed by atoms with Crippen LogP contribution < -0.4 is 5.32 Å². The first-order chi connectivity index (χ1) is 9.15. The SMILES string of the molecule is CC(C)C1CCC(NCCC2CCN(C)CC2)CC1. The van der Waals surface area contributed by atoms with Crippen molar-refractivity contribution in [2.24, 2.45) is 17.8 Å². The Morgan fingerprint density at radius 3 is 2.21 bits per heavy atom. The Balaban J connectivity index is 1.54. The average Bonchev–Trinajstić information content (AvgIpc) is 2.41. The molecule has 2 heteroatoms. The first-order valence-corrected chi connectivity index (χ1v) is 8.57. The van der Waals surface area contributed by atoms with Crippen molar-refractivity contribution in [3.63, 3.8) is 0 Å². The summed E-state index contributed by atoms with van der Waals surface area (Å²) in [4.78, 5) is 2.47. The van der Waals surface area contributed by atoms with Crippen molar-refractivity contribution in [2.45, 2.75) is 64.8 Å². The normalized spacial score (nSPS) is 30.9. The van der Waals surface area contributed by atoms with Gasteiger partial charge < -0.3 is 10.2 Å². The molecule has 0 bridgehead atoms. The van der Waals surface area contributed by atoms with E-state index < -0.39 is 0 Å². The maximum absolute atomic E-state index is 3.83. The molecule has 1 saturated heterocycles. The second kappa shape index (κ2) is 7.64. The third-order valence-electron chi connectivity index (χ3n) is 5.54. The van der Waals surface area contributed by atoms with Gasteiger partial charge in [-0.05, 0) is 89.4 Å². The van der Waals surface area contributed by atoms with Crippen LogP contribution in [0.2, 0.25) is 0 Å². The van der Waals surface area contributed by atoms with Gasteiger partial charge in [-0.1, -0.05) is 13.8 Å². The molecule has 2 rings (SSSR count). The van der Waals surface area contributed by atoms with Crippen LogP contribution in [0.4, 0.5) is 0 Å². The number of rotatable bonds is 5. The van der Waals surface area contributed by atoms with Crippen molar-refractivity contribution in [2.75, 3.05) is 26.7 Å². The lowest BCUT2D eigenvalue weighted by atomic mass is 9.79. The van der Waals surface area contributed by atoms with E-state index in [9.17, 15) is 0 Å². The van der Waals surface area contributed by atoms with Crippen LogP contribution in [-0.2, 0) is 0 Å². The van der Waals surface area contributed by atoms with Crippen molar-refractivity contribution >= 4 is 0 Å². The summed E-state index contributed by atoms with van der Waals surface area (Å²) in [6.07, 6.45) is 9.95. The monoisotopic (exact) mass is 266 g/mol. The lowest BCUT2D eigenvalue weighted by Crippen LogP contribution is -2.36. The summed E-state index contributed by atoms with van der Waals surface area (Å²) in [7, 11) is 2.25. The summed E-state index contributed by atoms with van der Waals surface area (Å²) in [6, 6.07) is 0.821. The maximum Gasteiger partial charge on any atom is 0.00672 e. The molecule has 0 unspecified atom stereocenters. The highest BCUT2D eigenvalue weighted by molar-refractivity contribution is 4.79. The Labute approximate surface area is 120 Å². The van der Waals surface area contributed by atoms with Crippen molar-refractivity contribution in [3.8, 4) is 0 Å². The second-order valence-electron chi connectivity index (χ2n) is 7.35. The minimum Gasteiger partial charge on any atom is -0.314 e. The number of piperidine rings is 1. The first-order valence-electron chi connectivity index (χ1n) is 8.57. The Hall–Kier alpha value is -0.0800. The van der Waals surface area contributed by atoms with Crippen molar-refractivity contribution in [1.82, 2.24) is 10.2 Å². The van der Waals surface area contributed by atoms with Gasteiger partial charge in [-0.2, -0.15) is 0 Å². The van der Waals surface area contributed by atoms with Crippen LogP contribution in [0.1, 0.15) is 58.8 Å². The highest BCUT2D eigenvalue weighted by Crippen LogP contribution is 2.30. The van der Waals surface area contributed by atoms with Crippen molar-refractivity contribution in [1.29, 1.82) is 0 Å². The molecule has 0 atom stereocenters. The zero-order valence-electron chi connectivity index (χ0n) is 13.3. The number of nitrogens with zero attached hydrogens (tertiary/aromatic N) is 1. The summed E-state index contributed by atoms with van der Waals surface area (Å²) in [5.41, 5.74) is 0. The highest BCUT2D eigenvalue weighted by Gasteiger charge is 2.23. The van der Waals surface area contributed by atoms with Gasteiger partial charge in [0.15, 0.2) is 0 Å². The molecule has 2 aliphatic rings. The van der Waals surface area contributed by atoms with Crippen molar-refractivity contribution < 1.29 is 0 Å². The van der Waals surface area contributed by atoms with Crippen LogP contribution in [0.25, 0.3) is 0 Å². The van der Waals surface area contributed by atoms with Gasteiger partial charge in [0.05, 0.1) is 0 Å². The van der Waals surface area contributed by atoms with E-state index in [-0.39, 0.29) is 0 Å². The van der Waals surface area contributed by atoms with Gasteiger partial charge in [-0.25, -0.2) is 0 Å². The summed E-state index contributed by atoms with van der Waals surface area (Å²) >= 11 is 0. The number of hydrogen-bond donors (Lipinski definition) is 1. The molecule has 1 heterocycles. The number of hydrogen-bond acceptors (Lipinski definition) is 2. The molecular weight excluding hydrogens is 232 g/mol. The zero-order chi connectivity index (χ0) is 13.7. The van der Waals surface area contributed by atoms with E-state index in [4.69, 9.17) is 0 Å². The summed E-state index contributed by atoms with van der Waals surface area (Å²) < 4.78 is 0. The van der Waals surface area contributed by atoms with Crippen molar-refractivity contribution in [3.05, 3.63) is 0 Å². The molecule has 1 aliphatic heterocycles. The van der Waals surface area contributed by atoms with E-state index in [1.54, 1.807) is 0 Å². The molecule has 0 aromatic heterocycles. The average molecular weight is 266 g/mol. The van der Waals surface area contributed by atoms with Crippen LogP contribution in [0.5, 0.6) is 0 Å². The Kier molecular flexibility index (Phi) is 6.15. The van der Waals surface area contributed by atoms with Crippen LogP contribution in [0.15, 0.2) is 0 Å². The zero-order valence-corrected chi connectivity index (χ0v) is 13.3. The van der Waals surface area contributed by atoms with E-state index in [1.807, 2.05) is 0 Å². The molecule has 2 nitrogen and oxygen atoms in total. The molecular formula is C17H34N2. The van der Waals surface area contributed by atoms with E-state index in [0.29, 0.717) is 0 Å². The molecule has 1 N–H and O–H groups in total. The van der Waals surface area contributed by atoms with Gasteiger partial charge in [0.2, 0.25) is 0 Å². The van der Waals surface area contributed by atoms with Gasteiger partial charge in [0, 0.05) is 6.04 Å². The predicted octanol–water partition coefficient (Wildman–Crippen LogP) is 3.52. The quantitative estimate of drug-likeness (QED) is 0.819. The van der Waals surface area contributed by atoms with E-state index in [0.717, 1.165) is 23.8 Å². The highest BCUT2D eigenvalue weighted by atomic mass is 15.1. The molecule has 19 heavy (non-hydrogen) atoms. The lowest BCUT2D eigenvalue weighted by Gasteiger charge is -2.32. The fraction of sp³-hybridized carbons (Fsp3) is 1.00. The van der Waals surface area contributed by atoms with Gasteiger partial charge in [0.25, 0.3) is 0 Å². The predicted molar refractivity (Wildman–Crippen MR) is 83.4 cm³/mol. The third-order valence-corrected chi connectivity index (χ3v) is 5.54. The van der Waals surface area contributed by atoms with Crippen LogP contribution in [0.3, 0.4) is 0 Å². The first kappa shape index (κ1) is 15.3. The molecule has 112 valence electrons. The largest absolute Gasteiger partial charge is 0.314 e. The van der Waals surface area contributed by atoms with Gasteiger partial charge >= 0.3 is 0 Å². The third kappa shape index (κ3) is 5.07. The fourth-order valence-electron chi connectivity index (χ4n) is 3.83. The van der Waals surface area contributed by atoms with E-state index in [1.165, 1.54) is 64.6 Å². The standard InChI is InChI=1S/C17H34N2/c1-14(2)16-4-6-17(7-5-16)18-11-8-15-9-12-19(3)13-10-15/h14-18H,4-13H2,1-3H3. The van der Waals surface area contributed by atoms with Crippen LogP contribution in [-0.4, -0.2) is 37.6 Å². The lowest BCUT2D eigenvalue weighted by molar-refractivity contribution is 0.203. The second-order valence-corrected chi connectivity index (χ2v) is 7.35. The number of likely N-dealkylation sites (tertiary alicyclic amines) is 1. The minimum atomic E-state index is 0.821. The van der Waals surface area contributed by atoms with E-state index >= 15 is 0 Å². The summed E-state index contributed by atoms with van der Waals surface area (Å²) in [5, 5.41) is 3.83. The van der Waals surface area contributed by atoms with Gasteiger partial charge in [-0.15, -0.1) is 0 Å². The van der Waals surface area contributed by atoms with Gasteiger partial charge in [-0.3, -0.25) is 0 Å². The smallest absolute Gasteiger partial charge is 0.00672 e. The van der Waals surface area contributed by atoms with Crippen LogP contribution >= 0.6 is 0 Å². The Morgan fingerprint density at radius 2 is 1.63 bits per heavy atom. The van der Waals surface area contributed by atoms with Gasteiger partial charge in [0.1, 0.15) is 0 Å². The molecule has 0 radical (unpaired) electrons. The molecule has 1 aliphatic carbocycles. The molecule has 0 spiro atoms. The topological polar surface area (TPSA) is 15.3 Å². The molecule has 2 fully saturated rings. The number of nitrogens with one attached hydrogen (secondary N) is 1. The molecule has 0 aromatic rings. The molecule has 1 saturated carbocycles. The summed E-state index contributed by atoms with van der Waals surface area (Å²) in [5.74, 6) is 2.86.